The van der Waals surface area contributed by atoms with Crippen molar-refractivity contribution in [3.63, 3.8) is 0 Å². The highest BCUT2D eigenvalue weighted by molar-refractivity contribution is 7.89. The van der Waals surface area contributed by atoms with E-state index >= 15 is 0 Å². The molecule has 152 valence electrons. The van der Waals surface area contributed by atoms with E-state index in [1.165, 1.54) is 63.7 Å². The predicted octanol–water partition coefficient (Wildman–Crippen LogP) is 1.61. The molecule has 0 fully saturated rings. The zero-order valence-electron chi connectivity index (χ0n) is 16.0. The van der Waals surface area contributed by atoms with Crippen LogP contribution in [0.15, 0.2) is 47.4 Å². The number of hydrogen-bond donors (Lipinski definition) is 1. The van der Waals surface area contributed by atoms with Gasteiger partial charge in [-0.05, 0) is 42.5 Å². The number of carbonyl (C=O) groups excluding carboxylic acids is 2. The molecule has 0 aromatic heterocycles. The average Bonchev–Trinajstić information content (AvgIpc) is 2.71. The van der Waals surface area contributed by atoms with E-state index in [0.717, 1.165) is 4.31 Å². The van der Waals surface area contributed by atoms with Crippen LogP contribution in [0.3, 0.4) is 0 Å². The summed E-state index contributed by atoms with van der Waals surface area (Å²) in [4.78, 5) is 24.1. The van der Waals surface area contributed by atoms with Gasteiger partial charge in [-0.3, -0.25) is 4.79 Å². The lowest BCUT2D eigenvalue weighted by molar-refractivity contribution is -0.119. The molecule has 10 heteroatoms. The first kappa shape index (κ1) is 21.9. The quantitative estimate of drug-likeness (QED) is 0.678. The summed E-state index contributed by atoms with van der Waals surface area (Å²) in [5, 5.41) is 11.2. The monoisotopic (exact) mass is 417 g/mol. The number of carbonyl (C=O) groups is 2. The molecule has 2 aromatic carbocycles. The summed E-state index contributed by atoms with van der Waals surface area (Å²) >= 11 is 0. The molecule has 29 heavy (non-hydrogen) atoms. The minimum absolute atomic E-state index is 0.0341. The fraction of sp³-hybridized carbons (Fsp3) is 0.211. The zero-order chi connectivity index (χ0) is 21.6. The maximum Gasteiger partial charge on any atom is 0.338 e. The van der Waals surface area contributed by atoms with Crippen molar-refractivity contribution < 1.29 is 27.5 Å². The average molecular weight is 417 g/mol. The summed E-state index contributed by atoms with van der Waals surface area (Å²) in [6.07, 6.45) is 0. The normalized spacial score (nSPS) is 10.9. The number of benzene rings is 2. The molecule has 9 nitrogen and oxygen atoms in total. The van der Waals surface area contributed by atoms with Crippen molar-refractivity contribution in [2.24, 2.45) is 0 Å². The van der Waals surface area contributed by atoms with Gasteiger partial charge in [-0.2, -0.15) is 5.26 Å². The number of amides is 1. The van der Waals surface area contributed by atoms with Gasteiger partial charge in [-0.15, -0.1) is 0 Å². The molecule has 2 aromatic rings. The molecule has 0 saturated heterocycles. The van der Waals surface area contributed by atoms with Gasteiger partial charge in [0.1, 0.15) is 5.75 Å². The zero-order valence-corrected chi connectivity index (χ0v) is 16.8. The van der Waals surface area contributed by atoms with Crippen LogP contribution in [0, 0.1) is 11.3 Å². The Morgan fingerprint density at radius 3 is 2.34 bits per heavy atom. The van der Waals surface area contributed by atoms with Crippen molar-refractivity contribution >= 4 is 27.6 Å². The molecule has 1 amide bonds. The van der Waals surface area contributed by atoms with Crippen LogP contribution in [0.25, 0.3) is 0 Å². The first-order valence-electron chi connectivity index (χ1n) is 8.26. The van der Waals surface area contributed by atoms with Crippen molar-refractivity contribution in [3.05, 3.63) is 53.6 Å². The number of nitriles is 1. The Morgan fingerprint density at radius 1 is 1.14 bits per heavy atom. The molecule has 0 spiro atoms. The predicted molar refractivity (Wildman–Crippen MR) is 104 cm³/mol. The molecule has 0 aliphatic rings. The van der Waals surface area contributed by atoms with Gasteiger partial charge in [0.2, 0.25) is 10.0 Å². The van der Waals surface area contributed by atoms with Crippen molar-refractivity contribution in [1.29, 1.82) is 5.26 Å². The summed E-state index contributed by atoms with van der Waals surface area (Å²) in [7, 11) is 0.440. The summed E-state index contributed by atoms with van der Waals surface area (Å²) < 4.78 is 35.7. The van der Waals surface area contributed by atoms with E-state index in [1.807, 2.05) is 6.07 Å². The fourth-order valence-electron chi connectivity index (χ4n) is 2.24. The third-order valence-corrected chi connectivity index (χ3v) is 5.62. The number of nitrogens with one attached hydrogen (secondary N) is 1. The number of anilines is 1. The third kappa shape index (κ3) is 5.31. The van der Waals surface area contributed by atoms with Crippen LogP contribution in [0.1, 0.15) is 15.9 Å². The molecule has 0 unspecified atom stereocenters. The van der Waals surface area contributed by atoms with E-state index in [9.17, 15) is 18.0 Å². The van der Waals surface area contributed by atoms with E-state index in [1.54, 1.807) is 0 Å². The van der Waals surface area contributed by atoms with Gasteiger partial charge >= 0.3 is 5.97 Å². The smallest absolute Gasteiger partial charge is 0.338 e. The highest BCUT2D eigenvalue weighted by Crippen LogP contribution is 2.28. The minimum Gasteiger partial charge on any atom is -0.495 e. The molecular formula is C19H19N3O6S. The van der Waals surface area contributed by atoms with Gasteiger partial charge < -0.3 is 14.8 Å². The SMILES string of the molecule is COc1ccc(S(=O)(=O)N(C)C)cc1NC(=O)COC(=O)c1ccc(C#N)cc1. The fourth-order valence-corrected chi connectivity index (χ4v) is 3.17. The Hall–Kier alpha value is -3.42. The second-order valence-electron chi connectivity index (χ2n) is 5.96. The number of rotatable bonds is 7. The second kappa shape index (κ2) is 9.18. The number of esters is 1. The van der Waals surface area contributed by atoms with Crippen LogP contribution < -0.4 is 10.1 Å². The van der Waals surface area contributed by atoms with Gasteiger partial charge in [-0.1, -0.05) is 0 Å². The lowest BCUT2D eigenvalue weighted by Crippen LogP contribution is -2.23. The number of ether oxygens (including phenoxy) is 2. The van der Waals surface area contributed by atoms with E-state index < -0.39 is 28.5 Å². The second-order valence-corrected chi connectivity index (χ2v) is 8.11. The van der Waals surface area contributed by atoms with Crippen LogP contribution in [-0.2, 0) is 19.6 Å². The minimum atomic E-state index is -3.71. The lowest BCUT2D eigenvalue weighted by atomic mass is 10.1. The van der Waals surface area contributed by atoms with Crippen LogP contribution in [0.5, 0.6) is 5.75 Å². The van der Waals surface area contributed by atoms with E-state index in [4.69, 9.17) is 14.7 Å². The van der Waals surface area contributed by atoms with Crippen LogP contribution in [-0.4, -0.2) is 52.4 Å². The Labute approximate surface area is 168 Å². The van der Waals surface area contributed by atoms with Gasteiger partial charge in [0.05, 0.1) is 34.9 Å². The van der Waals surface area contributed by atoms with Crippen LogP contribution in [0.2, 0.25) is 0 Å². The molecule has 1 N–H and O–H groups in total. The van der Waals surface area contributed by atoms with Gasteiger partial charge in [0.25, 0.3) is 5.91 Å². The summed E-state index contributed by atoms with van der Waals surface area (Å²) in [5.74, 6) is -1.17. The Kier molecular flexibility index (Phi) is 6.93. The molecule has 0 radical (unpaired) electrons. The first-order valence-corrected chi connectivity index (χ1v) is 9.70. The Bertz CT molecular complexity index is 1060. The van der Waals surface area contributed by atoms with Crippen molar-refractivity contribution in [1.82, 2.24) is 4.31 Å². The number of methoxy groups -OCH3 is 1. The highest BCUT2D eigenvalue weighted by atomic mass is 32.2. The maximum atomic E-state index is 12.3. The Balaban J connectivity index is 2.09. The molecule has 2 rings (SSSR count). The third-order valence-electron chi connectivity index (χ3n) is 3.81. The van der Waals surface area contributed by atoms with Crippen molar-refractivity contribution in [2.75, 3.05) is 33.1 Å². The molecule has 0 aliphatic carbocycles. The number of hydrogen-bond acceptors (Lipinski definition) is 7. The molecule has 0 saturated carbocycles. The molecule has 0 aliphatic heterocycles. The van der Waals surface area contributed by atoms with Gasteiger partial charge in [0.15, 0.2) is 6.61 Å². The number of sulfonamides is 1. The molecule has 0 bridgehead atoms. The molecule has 0 heterocycles. The van der Waals surface area contributed by atoms with Gasteiger partial charge in [-0.25, -0.2) is 17.5 Å². The van der Waals surface area contributed by atoms with Crippen LogP contribution >= 0.6 is 0 Å². The summed E-state index contributed by atoms with van der Waals surface area (Å²) in [6, 6.07) is 11.7. The molecular weight excluding hydrogens is 398 g/mol. The molecule has 0 atom stereocenters. The summed E-state index contributed by atoms with van der Waals surface area (Å²) in [6.45, 7) is -0.591. The van der Waals surface area contributed by atoms with Crippen molar-refractivity contribution in [3.8, 4) is 11.8 Å². The number of nitrogens with zero attached hydrogens (tertiary/aromatic N) is 2. The van der Waals surface area contributed by atoms with Gasteiger partial charge in [0, 0.05) is 14.1 Å². The topological polar surface area (TPSA) is 126 Å². The standard InChI is InChI=1S/C19H19N3O6S/c1-22(2)29(25,26)15-8-9-17(27-3)16(10-15)21-18(23)12-28-19(24)14-6-4-13(11-20)5-7-14/h4-10H,12H2,1-3H3,(H,21,23). The van der Waals surface area contributed by atoms with E-state index in [0.29, 0.717) is 5.56 Å². The lowest BCUT2D eigenvalue weighted by Gasteiger charge is -2.15. The van der Waals surface area contributed by atoms with E-state index in [-0.39, 0.29) is 21.9 Å². The highest BCUT2D eigenvalue weighted by Gasteiger charge is 2.20. The summed E-state index contributed by atoms with van der Waals surface area (Å²) in [5.41, 5.74) is 0.697. The van der Waals surface area contributed by atoms with E-state index in [2.05, 4.69) is 5.32 Å². The Morgan fingerprint density at radius 2 is 1.79 bits per heavy atom. The van der Waals surface area contributed by atoms with Crippen molar-refractivity contribution in [2.45, 2.75) is 4.90 Å². The largest absolute Gasteiger partial charge is 0.495 e. The maximum absolute atomic E-state index is 12.3. The first-order chi connectivity index (χ1) is 13.7. The van der Waals surface area contributed by atoms with Crippen LogP contribution in [0.4, 0.5) is 5.69 Å².